The summed E-state index contributed by atoms with van der Waals surface area (Å²) >= 11 is 0. The number of rotatable bonds is 4. The summed E-state index contributed by atoms with van der Waals surface area (Å²) in [4.78, 5) is 4.16. The summed E-state index contributed by atoms with van der Waals surface area (Å²) in [6.45, 7) is 3.80. The van der Waals surface area contributed by atoms with Gasteiger partial charge in [0.2, 0.25) is 0 Å². The van der Waals surface area contributed by atoms with E-state index in [-0.39, 0.29) is 0 Å². The third-order valence-corrected chi connectivity index (χ3v) is 3.81. The first-order valence-corrected chi connectivity index (χ1v) is 7.25. The molecule has 1 aliphatic heterocycles. The summed E-state index contributed by atoms with van der Waals surface area (Å²) in [5.74, 6) is 1.09. The molecule has 3 rings (SSSR count). The number of nitrogens with one attached hydrogen (secondary N) is 1. The maximum atomic E-state index is 5.88. The monoisotopic (exact) mass is 268 g/mol. The maximum Gasteiger partial charge on any atom is 0.127 e. The molecule has 104 valence electrons. The van der Waals surface area contributed by atoms with Gasteiger partial charge in [-0.2, -0.15) is 0 Å². The van der Waals surface area contributed by atoms with Crippen molar-refractivity contribution in [3.63, 3.8) is 0 Å². The highest BCUT2D eigenvalue weighted by atomic mass is 16.5. The Morgan fingerprint density at radius 2 is 2.25 bits per heavy atom. The first kappa shape index (κ1) is 13.1. The van der Waals surface area contributed by atoms with Gasteiger partial charge in [0.15, 0.2) is 0 Å². The van der Waals surface area contributed by atoms with Crippen LogP contribution in [-0.4, -0.2) is 11.6 Å². The number of pyridine rings is 1. The van der Waals surface area contributed by atoms with Gasteiger partial charge < -0.3 is 10.1 Å². The Morgan fingerprint density at radius 1 is 1.30 bits per heavy atom. The summed E-state index contributed by atoms with van der Waals surface area (Å²) in [6.07, 6.45) is 5.75. The van der Waals surface area contributed by atoms with Gasteiger partial charge in [0.05, 0.1) is 6.61 Å². The van der Waals surface area contributed by atoms with Crippen LogP contribution in [0.25, 0.3) is 0 Å². The molecule has 2 heterocycles. The lowest BCUT2D eigenvalue weighted by atomic mass is 9.96. The SMILES string of the molecule is CCc1cccc2c1OCCC2NCc1cccnc1. The molecule has 3 heteroatoms. The van der Waals surface area contributed by atoms with Gasteiger partial charge in [0.1, 0.15) is 5.75 Å². The number of aryl methyl sites for hydroxylation is 1. The van der Waals surface area contributed by atoms with Crippen LogP contribution in [0.4, 0.5) is 0 Å². The molecule has 1 unspecified atom stereocenters. The van der Waals surface area contributed by atoms with Crippen molar-refractivity contribution < 1.29 is 4.74 Å². The van der Waals surface area contributed by atoms with Gasteiger partial charge in [0, 0.05) is 37.0 Å². The lowest BCUT2D eigenvalue weighted by Gasteiger charge is -2.28. The van der Waals surface area contributed by atoms with Crippen molar-refractivity contribution >= 4 is 0 Å². The number of hydrogen-bond acceptors (Lipinski definition) is 3. The first-order chi connectivity index (χ1) is 9.88. The van der Waals surface area contributed by atoms with E-state index in [1.54, 1.807) is 6.20 Å². The van der Waals surface area contributed by atoms with Crippen LogP contribution in [-0.2, 0) is 13.0 Å². The highest BCUT2D eigenvalue weighted by Gasteiger charge is 2.22. The van der Waals surface area contributed by atoms with E-state index in [0.29, 0.717) is 6.04 Å². The molecule has 1 atom stereocenters. The molecule has 20 heavy (non-hydrogen) atoms. The second-order valence-corrected chi connectivity index (χ2v) is 5.12. The van der Waals surface area contributed by atoms with Crippen molar-refractivity contribution in [2.24, 2.45) is 0 Å². The predicted molar refractivity (Wildman–Crippen MR) is 79.7 cm³/mol. The molecule has 0 amide bonds. The van der Waals surface area contributed by atoms with Gasteiger partial charge in [-0.25, -0.2) is 0 Å². The molecule has 0 fully saturated rings. The van der Waals surface area contributed by atoms with Gasteiger partial charge in [-0.15, -0.1) is 0 Å². The Labute approximate surface area is 120 Å². The highest BCUT2D eigenvalue weighted by molar-refractivity contribution is 5.44. The van der Waals surface area contributed by atoms with Crippen molar-refractivity contribution in [2.45, 2.75) is 32.4 Å². The number of benzene rings is 1. The molecule has 0 aliphatic carbocycles. The van der Waals surface area contributed by atoms with Crippen molar-refractivity contribution in [2.75, 3.05) is 6.61 Å². The van der Waals surface area contributed by atoms with E-state index < -0.39 is 0 Å². The van der Waals surface area contributed by atoms with Gasteiger partial charge in [-0.05, 0) is 23.6 Å². The lowest BCUT2D eigenvalue weighted by molar-refractivity contribution is 0.250. The number of nitrogens with zero attached hydrogens (tertiary/aromatic N) is 1. The van der Waals surface area contributed by atoms with Crippen molar-refractivity contribution in [3.8, 4) is 5.75 Å². The Balaban J connectivity index is 1.77. The first-order valence-electron chi connectivity index (χ1n) is 7.25. The zero-order chi connectivity index (χ0) is 13.8. The van der Waals surface area contributed by atoms with E-state index >= 15 is 0 Å². The minimum Gasteiger partial charge on any atom is -0.493 e. The van der Waals surface area contributed by atoms with Gasteiger partial charge in [-0.1, -0.05) is 31.2 Å². The average Bonchev–Trinajstić information content (AvgIpc) is 2.53. The van der Waals surface area contributed by atoms with E-state index in [1.165, 1.54) is 16.7 Å². The van der Waals surface area contributed by atoms with Crippen LogP contribution in [0.1, 0.15) is 36.1 Å². The predicted octanol–water partition coefficient (Wildman–Crippen LogP) is 3.26. The van der Waals surface area contributed by atoms with E-state index in [1.807, 2.05) is 12.3 Å². The van der Waals surface area contributed by atoms with Crippen LogP contribution in [0.3, 0.4) is 0 Å². The minimum atomic E-state index is 0.366. The fraction of sp³-hybridized carbons (Fsp3) is 0.353. The number of ether oxygens (including phenoxy) is 1. The van der Waals surface area contributed by atoms with Gasteiger partial charge >= 0.3 is 0 Å². The number of para-hydroxylation sites is 1. The fourth-order valence-electron chi connectivity index (χ4n) is 2.72. The summed E-state index contributed by atoms with van der Waals surface area (Å²) in [5.41, 5.74) is 3.81. The van der Waals surface area contributed by atoms with Crippen LogP contribution in [0.15, 0.2) is 42.7 Å². The molecule has 0 radical (unpaired) electrons. The quantitative estimate of drug-likeness (QED) is 0.924. The van der Waals surface area contributed by atoms with E-state index in [2.05, 4.69) is 41.5 Å². The Morgan fingerprint density at radius 3 is 3.05 bits per heavy atom. The Hall–Kier alpha value is -1.87. The zero-order valence-corrected chi connectivity index (χ0v) is 11.8. The summed E-state index contributed by atoms with van der Waals surface area (Å²) in [6, 6.07) is 10.9. The molecule has 2 aromatic rings. The van der Waals surface area contributed by atoms with Crippen LogP contribution >= 0.6 is 0 Å². The molecular weight excluding hydrogens is 248 g/mol. The lowest BCUT2D eigenvalue weighted by Crippen LogP contribution is -2.27. The average molecular weight is 268 g/mol. The van der Waals surface area contributed by atoms with E-state index in [4.69, 9.17) is 4.74 Å². The summed E-state index contributed by atoms with van der Waals surface area (Å²) < 4.78 is 5.88. The molecule has 1 aromatic heterocycles. The molecule has 0 saturated heterocycles. The number of fused-ring (bicyclic) bond motifs is 1. The third kappa shape index (κ3) is 2.68. The fourth-order valence-corrected chi connectivity index (χ4v) is 2.72. The third-order valence-electron chi connectivity index (χ3n) is 3.81. The van der Waals surface area contributed by atoms with Crippen LogP contribution in [0.2, 0.25) is 0 Å². The largest absolute Gasteiger partial charge is 0.493 e. The molecule has 0 saturated carbocycles. The number of aromatic nitrogens is 1. The minimum absolute atomic E-state index is 0.366. The van der Waals surface area contributed by atoms with Crippen LogP contribution < -0.4 is 10.1 Å². The standard InChI is InChI=1S/C17H20N2O/c1-2-14-6-3-7-15-16(8-10-20-17(14)15)19-12-13-5-4-9-18-11-13/h3-7,9,11,16,19H,2,8,10,12H2,1H3. The molecular formula is C17H20N2O. The summed E-state index contributed by atoms with van der Waals surface area (Å²) in [7, 11) is 0. The van der Waals surface area contributed by atoms with Gasteiger partial charge in [-0.3, -0.25) is 4.98 Å². The number of hydrogen-bond donors (Lipinski definition) is 1. The van der Waals surface area contributed by atoms with Crippen LogP contribution in [0, 0.1) is 0 Å². The smallest absolute Gasteiger partial charge is 0.127 e. The van der Waals surface area contributed by atoms with E-state index in [0.717, 1.165) is 31.7 Å². The van der Waals surface area contributed by atoms with E-state index in [9.17, 15) is 0 Å². The highest BCUT2D eigenvalue weighted by Crippen LogP contribution is 2.35. The Bertz CT molecular complexity index is 568. The van der Waals surface area contributed by atoms with Crippen molar-refractivity contribution in [1.29, 1.82) is 0 Å². The molecule has 0 spiro atoms. The molecule has 1 aromatic carbocycles. The molecule has 1 aliphatic rings. The topological polar surface area (TPSA) is 34.1 Å². The molecule has 3 nitrogen and oxygen atoms in total. The maximum absolute atomic E-state index is 5.88. The second kappa shape index (κ2) is 6.06. The van der Waals surface area contributed by atoms with Crippen molar-refractivity contribution in [1.82, 2.24) is 10.3 Å². The normalized spacial score (nSPS) is 17.4. The summed E-state index contributed by atoms with van der Waals surface area (Å²) in [5, 5.41) is 3.63. The Kier molecular flexibility index (Phi) is 3.97. The molecule has 0 bridgehead atoms. The second-order valence-electron chi connectivity index (χ2n) is 5.12. The van der Waals surface area contributed by atoms with Gasteiger partial charge in [0.25, 0.3) is 0 Å². The molecule has 1 N–H and O–H groups in total. The van der Waals surface area contributed by atoms with Crippen LogP contribution in [0.5, 0.6) is 5.75 Å². The van der Waals surface area contributed by atoms with Crippen molar-refractivity contribution in [3.05, 3.63) is 59.4 Å². The zero-order valence-electron chi connectivity index (χ0n) is 11.8.